The summed E-state index contributed by atoms with van der Waals surface area (Å²) >= 11 is 0. The lowest BCUT2D eigenvalue weighted by Crippen LogP contribution is -2.43. The Hall–Kier alpha value is -2.36. The molecule has 0 bridgehead atoms. The third-order valence-electron chi connectivity index (χ3n) is 3.05. The van der Waals surface area contributed by atoms with Crippen LogP contribution in [0.25, 0.3) is 17.0 Å². The molecular formula is C17H20N2O2. The number of fused-ring (bicyclic) bond motifs is 1. The molecule has 0 aliphatic rings. The number of hydrogen-bond donors (Lipinski definition) is 1. The van der Waals surface area contributed by atoms with Gasteiger partial charge in [0.05, 0.1) is 0 Å². The molecule has 4 nitrogen and oxygen atoms in total. The van der Waals surface area contributed by atoms with Crippen LogP contribution in [0, 0.1) is 0 Å². The quantitative estimate of drug-likeness (QED) is 0.696. The number of aromatic nitrogens is 1. The fourth-order valence-electron chi connectivity index (χ4n) is 2.15. The van der Waals surface area contributed by atoms with Gasteiger partial charge in [0.15, 0.2) is 0 Å². The minimum atomic E-state index is -0.584. The Labute approximate surface area is 124 Å². The van der Waals surface area contributed by atoms with Gasteiger partial charge in [-0.2, -0.15) is 0 Å². The molecule has 1 heterocycles. The van der Waals surface area contributed by atoms with E-state index in [9.17, 15) is 9.59 Å². The molecule has 2 aromatic rings. The van der Waals surface area contributed by atoms with Gasteiger partial charge in [0, 0.05) is 35.2 Å². The van der Waals surface area contributed by atoms with Crippen molar-refractivity contribution in [1.82, 2.24) is 9.88 Å². The maximum atomic E-state index is 11.8. The SMILES string of the molecule is Cn1cc(/C=C/C(=O)C(=O)NC(C)(C)C)c2ccccc21. The van der Waals surface area contributed by atoms with Gasteiger partial charge in [-0.1, -0.05) is 18.2 Å². The number of para-hydroxylation sites is 1. The van der Waals surface area contributed by atoms with Gasteiger partial charge in [0.25, 0.3) is 5.91 Å². The summed E-state index contributed by atoms with van der Waals surface area (Å²) in [7, 11) is 1.95. The number of carbonyl (C=O) groups excluding carboxylic acids is 2. The number of nitrogens with zero attached hydrogens (tertiary/aromatic N) is 1. The zero-order chi connectivity index (χ0) is 15.6. The lowest BCUT2D eigenvalue weighted by molar-refractivity contribution is -0.136. The summed E-state index contributed by atoms with van der Waals surface area (Å²) in [6.45, 7) is 5.52. The first-order valence-corrected chi connectivity index (χ1v) is 6.86. The Morgan fingerprint density at radius 3 is 2.52 bits per heavy atom. The van der Waals surface area contributed by atoms with Crippen molar-refractivity contribution in [3.63, 3.8) is 0 Å². The van der Waals surface area contributed by atoms with E-state index in [-0.39, 0.29) is 0 Å². The van der Waals surface area contributed by atoms with E-state index in [4.69, 9.17) is 0 Å². The van der Waals surface area contributed by atoms with Crippen LogP contribution in [-0.2, 0) is 16.6 Å². The molecule has 0 spiro atoms. The van der Waals surface area contributed by atoms with E-state index in [0.29, 0.717) is 0 Å². The summed E-state index contributed by atoms with van der Waals surface area (Å²) in [4.78, 5) is 23.6. The first-order valence-electron chi connectivity index (χ1n) is 6.86. The Kier molecular flexibility index (Phi) is 3.98. The number of rotatable bonds is 3. The van der Waals surface area contributed by atoms with Gasteiger partial charge in [0.1, 0.15) is 0 Å². The summed E-state index contributed by atoms with van der Waals surface area (Å²) < 4.78 is 1.99. The molecule has 2 rings (SSSR count). The molecular weight excluding hydrogens is 264 g/mol. The van der Waals surface area contributed by atoms with Crippen molar-refractivity contribution in [2.75, 3.05) is 0 Å². The van der Waals surface area contributed by atoms with E-state index in [1.54, 1.807) is 6.08 Å². The summed E-state index contributed by atoms with van der Waals surface area (Å²) in [5, 5.41) is 3.71. The number of ketones is 1. The van der Waals surface area contributed by atoms with Crippen LogP contribution in [0.5, 0.6) is 0 Å². The van der Waals surface area contributed by atoms with Crippen LogP contribution in [0.3, 0.4) is 0 Å². The van der Waals surface area contributed by atoms with Crippen LogP contribution in [0.15, 0.2) is 36.5 Å². The monoisotopic (exact) mass is 284 g/mol. The van der Waals surface area contributed by atoms with Gasteiger partial charge in [-0.15, -0.1) is 0 Å². The van der Waals surface area contributed by atoms with E-state index in [1.165, 1.54) is 6.08 Å². The second kappa shape index (κ2) is 5.56. The van der Waals surface area contributed by atoms with Gasteiger partial charge in [-0.25, -0.2) is 0 Å². The molecule has 0 aliphatic heterocycles. The molecule has 1 amide bonds. The van der Waals surface area contributed by atoms with Gasteiger partial charge < -0.3 is 9.88 Å². The first kappa shape index (κ1) is 15.0. The normalized spacial score (nSPS) is 12.0. The number of aryl methyl sites for hydroxylation is 1. The van der Waals surface area contributed by atoms with Gasteiger partial charge in [-0.05, 0) is 39.0 Å². The molecule has 0 unspecified atom stereocenters. The third-order valence-corrected chi connectivity index (χ3v) is 3.05. The van der Waals surface area contributed by atoms with E-state index >= 15 is 0 Å². The molecule has 0 fully saturated rings. The maximum absolute atomic E-state index is 11.8. The van der Waals surface area contributed by atoms with Crippen LogP contribution in [0.1, 0.15) is 26.3 Å². The van der Waals surface area contributed by atoms with Crippen LogP contribution in [-0.4, -0.2) is 21.8 Å². The predicted molar refractivity (Wildman–Crippen MR) is 84.9 cm³/mol. The standard InChI is InChI=1S/C17H20N2O2/c1-17(2,3)18-16(21)15(20)10-9-12-11-19(4)14-8-6-5-7-13(12)14/h5-11H,1-4H3,(H,18,21)/b10-9+. The maximum Gasteiger partial charge on any atom is 0.292 e. The summed E-state index contributed by atoms with van der Waals surface area (Å²) in [6, 6.07) is 7.93. The number of amides is 1. The minimum Gasteiger partial charge on any atom is -0.350 e. The summed E-state index contributed by atoms with van der Waals surface area (Å²) in [5.41, 5.74) is 1.59. The van der Waals surface area contributed by atoms with Gasteiger partial charge >= 0.3 is 0 Å². The van der Waals surface area contributed by atoms with Crippen LogP contribution < -0.4 is 5.32 Å². The van der Waals surface area contributed by atoms with Crippen LogP contribution >= 0.6 is 0 Å². The number of nitrogens with one attached hydrogen (secondary N) is 1. The van der Waals surface area contributed by atoms with E-state index in [1.807, 2.05) is 62.8 Å². The highest BCUT2D eigenvalue weighted by molar-refractivity contribution is 6.41. The second-order valence-electron chi connectivity index (χ2n) is 6.11. The average Bonchev–Trinajstić information content (AvgIpc) is 2.71. The Bertz CT molecular complexity index is 718. The summed E-state index contributed by atoms with van der Waals surface area (Å²) in [5.74, 6) is -1.13. The number of carbonyl (C=O) groups is 2. The van der Waals surface area contributed by atoms with Crippen molar-refractivity contribution in [2.24, 2.45) is 7.05 Å². The van der Waals surface area contributed by atoms with Crippen LogP contribution in [0.2, 0.25) is 0 Å². The molecule has 4 heteroatoms. The fraction of sp³-hybridized carbons (Fsp3) is 0.294. The highest BCUT2D eigenvalue weighted by atomic mass is 16.2. The van der Waals surface area contributed by atoms with Crippen molar-refractivity contribution in [1.29, 1.82) is 0 Å². The molecule has 0 saturated carbocycles. The fourth-order valence-corrected chi connectivity index (χ4v) is 2.15. The highest BCUT2D eigenvalue weighted by Crippen LogP contribution is 2.21. The highest BCUT2D eigenvalue weighted by Gasteiger charge is 2.18. The molecule has 110 valence electrons. The predicted octanol–water partition coefficient (Wildman–Crippen LogP) is 2.68. The topological polar surface area (TPSA) is 51.1 Å². The molecule has 1 aromatic carbocycles. The van der Waals surface area contributed by atoms with Crippen molar-refractivity contribution in [3.8, 4) is 0 Å². The van der Waals surface area contributed by atoms with E-state index < -0.39 is 17.2 Å². The van der Waals surface area contributed by atoms with Crippen molar-refractivity contribution in [2.45, 2.75) is 26.3 Å². The molecule has 0 saturated heterocycles. The van der Waals surface area contributed by atoms with Crippen molar-refractivity contribution >= 4 is 28.7 Å². The van der Waals surface area contributed by atoms with Crippen molar-refractivity contribution in [3.05, 3.63) is 42.1 Å². The Morgan fingerprint density at radius 1 is 1.19 bits per heavy atom. The lowest BCUT2D eigenvalue weighted by Gasteiger charge is -2.19. The first-order chi connectivity index (χ1) is 9.78. The molecule has 1 N–H and O–H groups in total. The number of hydrogen-bond acceptors (Lipinski definition) is 2. The largest absolute Gasteiger partial charge is 0.350 e. The molecule has 0 atom stereocenters. The molecule has 0 aliphatic carbocycles. The lowest BCUT2D eigenvalue weighted by atomic mass is 10.1. The average molecular weight is 284 g/mol. The molecule has 0 radical (unpaired) electrons. The molecule has 21 heavy (non-hydrogen) atoms. The zero-order valence-electron chi connectivity index (χ0n) is 12.8. The van der Waals surface area contributed by atoms with Crippen LogP contribution in [0.4, 0.5) is 0 Å². The van der Waals surface area contributed by atoms with E-state index in [0.717, 1.165) is 16.5 Å². The smallest absolute Gasteiger partial charge is 0.292 e. The Morgan fingerprint density at radius 2 is 1.86 bits per heavy atom. The van der Waals surface area contributed by atoms with Gasteiger partial charge in [0.2, 0.25) is 5.78 Å². The van der Waals surface area contributed by atoms with Crippen molar-refractivity contribution < 1.29 is 9.59 Å². The second-order valence-corrected chi connectivity index (χ2v) is 6.11. The minimum absolute atomic E-state index is 0.417. The summed E-state index contributed by atoms with van der Waals surface area (Å²) in [6.07, 6.45) is 4.95. The molecule has 1 aromatic heterocycles. The number of benzene rings is 1. The van der Waals surface area contributed by atoms with E-state index in [2.05, 4.69) is 5.32 Å². The zero-order valence-corrected chi connectivity index (χ0v) is 12.8. The Balaban J connectivity index is 2.20. The van der Waals surface area contributed by atoms with Gasteiger partial charge in [-0.3, -0.25) is 9.59 Å². The third kappa shape index (κ3) is 3.60.